The lowest BCUT2D eigenvalue weighted by Gasteiger charge is -2.27. The van der Waals surface area contributed by atoms with Gasteiger partial charge in [0.2, 0.25) is 15.8 Å². The van der Waals surface area contributed by atoms with Crippen molar-refractivity contribution in [1.82, 2.24) is 14.4 Å². The third-order valence-corrected chi connectivity index (χ3v) is 7.30. The molecule has 0 unspecified atom stereocenters. The fraction of sp³-hybridized carbons (Fsp3) is 0.385. The molecule has 0 aliphatic heterocycles. The van der Waals surface area contributed by atoms with E-state index < -0.39 is 22.0 Å². The number of carbonyl (C=O) groups is 1. The maximum atomic E-state index is 12.6. The topological polar surface area (TPSA) is 136 Å². The molecule has 0 spiro atoms. The molecule has 194 valence electrons. The van der Waals surface area contributed by atoms with Gasteiger partial charge < -0.3 is 14.0 Å². The summed E-state index contributed by atoms with van der Waals surface area (Å²) in [5.41, 5.74) is 3.51. The van der Waals surface area contributed by atoms with Gasteiger partial charge in [-0.1, -0.05) is 23.4 Å². The van der Waals surface area contributed by atoms with Gasteiger partial charge in [-0.2, -0.15) is 14.6 Å². The summed E-state index contributed by atoms with van der Waals surface area (Å²) in [5.74, 6) is 0.657. The maximum Gasteiger partial charge on any atom is 0.302 e. The molecule has 1 aliphatic carbocycles. The number of hydrogen-bond acceptors (Lipinski definition) is 9. The van der Waals surface area contributed by atoms with Crippen molar-refractivity contribution < 1.29 is 27.2 Å². The minimum Gasteiger partial charge on any atom is -0.490 e. The fourth-order valence-electron chi connectivity index (χ4n) is 4.53. The average Bonchev–Trinajstić information content (AvgIpc) is 3.48. The highest BCUT2D eigenvalue weighted by atomic mass is 32.2. The van der Waals surface area contributed by atoms with Crippen molar-refractivity contribution in [1.29, 1.82) is 5.26 Å². The highest BCUT2D eigenvalue weighted by Gasteiger charge is 2.35. The van der Waals surface area contributed by atoms with Crippen LogP contribution in [0.15, 0.2) is 40.9 Å². The van der Waals surface area contributed by atoms with Gasteiger partial charge >= 0.3 is 5.97 Å². The van der Waals surface area contributed by atoms with E-state index in [1.165, 1.54) is 11.2 Å². The predicted octanol–water partition coefficient (Wildman–Crippen LogP) is 3.87. The van der Waals surface area contributed by atoms with Crippen molar-refractivity contribution in [2.75, 3.05) is 19.4 Å². The number of carbonyl (C=O) groups excluding carboxylic acids is 1. The highest BCUT2D eigenvalue weighted by molar-refractivity contribution is 7.88. The lowest BCUT2D eigenvalue weighted by atomic mass is 10.0. The molecule has 0 saturated heterocycles. The number of rotatable bonds is 9. The Kier molecular flexibility index (Phi) is 7.61. The summed E-state index contributed by atoms with van der Waals surface area (Å²) < 4.78 is 42.7. The van der Waals surface area contributed by atoms with Gasteiger partial charge in [0.25, 0.3) is 5.89 Å². The van der Waals surface area contributed by atoms with Gasteiger partial charge in [-0.3, -0.25) is 4.79 Å². The van der Waals surface area contributed by atoms with Gasteiger partial charge in [-0.15, -0.1) is 0 Å². The number of esters is 1. The van der Waals surface area contributed by atoms with Crippen LogP contribution in [0.2, 0.25) is 0 Å². The quantitative estimate of drug-likeness (QED) is 0.382. The van der Waals surface area contributed by atoms with Gasteiger partial charge in [0.15, 0.2) is 0 Å². The molecule has 0 amide bonds. The molecule has 0 N–H and O–H groups in total. The first kappa shape index (κ1) is 26.3. The van der Waals surface area contributed by atoms with E-state index in [0.717, 1.165) is 22.9 Å². The zero-order valence-electron chi connectivity index (χ0n) is 21.1. The smallest absolute Gasteiger partial charge is 0.302 e. The van der Waals surface area contributed by atoms with Crippen molar-refractivity contribution in [2.45, 2.75) is 45.8 Å². The molecule has 0 radical (unpaired) electrons. The first-order valence-electron chi connectivity index (χ1n) is 11.9. The maximum absolute atomic E-state index is 12.6. The molecule has 11 heteroatoms. The number of benzene rings is 2. The van der Waals surface area contributed by atoms with Crippen molar-refractivity contribution in [3.8, 4) is 34.7 Å². The number of fused-ring (bicyclic) bond motifs is 1. The summed E-state index contributed by atoms with van der Waals surface area (Å²) in [6, 6.07) is 12.5. The van der Waals surface area contributed by atoms with Crippen molar-refractivity contribution in [2.24, 2.45) is 0 Å². The molecule has 4 rings (SSSR count). The van der Waals surface area contributed by atoms with E-state index in [2.05, 4.69) is 16.2 Å². The largest absolute Gasteiger partial charge is 0.490 e. The van der Waals surface area contributed by atoms with E-state index >= 15 is 0 Å². The number of nitrogens with zero attached hydrogens (tertiary/aromatic N) is 4. The Balaban J connectivity index is 1.63. The summed E-state index contributed by atoms with van der Waals surface area (Å²) in [4.78, 5) is 15.7. The minimum absolute atomic E-state index is 0.0200. The number of hydrogen-bond donors (Lipinski definition) is 0. The molecule has 0 bridgehead atoms. The Bertz CT molecular complexity index is 1460. The van der Waals surface area contributed by atoms with E-state index in [1.807, 2.05) is 32.0 Å². The number of sulfonamides is 1. The van der Waals surface area contributed by atoms with E-state index in [9.17, 15) is 18.5 Å². The Hall–Kier alpha value is -3.75. The van der Waals surface area contributed by atoms with Crippen LogP contribution in [-0.2, 0) is 26.0 Å². The predicted molar refractivity (Wildman–Crippen MR) is 135 cm³/mol. The first-order chi connectivity index (χ1) is 17.6. The summed E-state index contributed by atoms with van der Waals surface area (Å²) in [7, 11) is -3.56. The molecule has 0 saturated carbocycles. The lowest BCUT2D eigenvalue weighted by molar-refractivity contribution is -0.141. The van der Waals surface area contributed by atoms with E-state index in [-0.39, 0.29) is 25.1 Å². The summed E-state index contributed by atoms with van der Waals surface area (Å²) in [6.45, 7) is 5.11. The van der Waals surface area contributed by atoms with Crippen molar-refractivity contribution in [3.63, 3.8) is 0 Å². The third kappa shape index (κ3) is 5.81. The second kappa shape index (κ2) is 10.7. The summed E-state index contributed by atoms with van der Waals surface area (Å²) in [6.07, 6.45) is 2.28. The second-order valence-corrected chi connectivity index (χ2v) is 11.0. The highest BCUT2D eigenvalue weighted by Crippen LogP contribution is 2.41. The van der Waals surface area contributed by atoms with Crippen molar-refractivity contribution >= 4 is 16.0 Å². The molecule has 1 aromatic heterocycles. The molecule has 1 aliphatic rings. The van der Waals surface area contributed by atoms with Crippen LogP contribution in [0.25, 0.3) is 22.8 Å². The molecule has 10 nitrogen and oxygen atoms in total. The SMILES string of the molecule is CC(=O)OCCN([C@@H]1CCc2c(-c3noc(-c4ccc(OC(C)C)c(C#N)c4)n3)cccc21)S(C)(=O)=O. The van der Waals surface area contributed by atoms with E-state index in [0.29, 0.717) is 35.5 Å². The molecule has 3 aromatic rings. The Morgan fingerprint density at radius 1 is 1.30 bits per heavy atom. The van der Waals surface area contributed by atoms with Crippen LogP contribution in [0, 0.1) is 11.3 Å². The fourth-order valence-corrected chi connectivity index (χ4v) is 5.62. The van der Waals surface area contributed by atoms with Crippen molar-refractivity contribution in [3.05, 3.63) is 53.1 Å². The summed E-state index contributed by atoms with van der Waals surface area (Å²) >= 11 is 0. The van der Waals surface area contributed by atoms with Crippen LogP contribution in [0.3, 0.4) is 0 Å². The molecule has 37 heavy (non-hydrogen) atoms. The van der Waals surface area contributed by atoms with Gasteiger partial charge in [0, 0.05) is 24.6 Å². The minimum atomic E-state index is -3.56. The Morgan fingerprint density at radius 2 is 2.08 bits per heavy atom. The number of nitriles is 1. The van der Waals surface area contributed by atoms with E-state index in [4.69, 9.17) is 14.0 Å². The lowest BCUT2D eigenvalue weighted by Crippen LogP contribution is -2.36. The Labute approximate surface area is 215 Å². The first-order valence-corrected chi connectivity index (χ1v) is 13.7. The van der Waals surface area contributed by atoms with Gasteiger partial charge in [-0.25, -0.2) is 8.42 Å². The molecule has 2 aromatic carbocycles. The average molecular weight is 525 g/mol. The van der Waals surface area contributed by atoms with Crippen LogP contribution < -0.4 is 4.74 Å². The zero-order chi connectivity index (χ0) is 26.7. The molecular formula is C26H28N4O6S. The molecule has 0 fully saturated rings. The van der Waals surface area contributed by atoms with Gasteiger partial charge in [-0.05, 0) is 56.0 Å². The zero-order valence-corrected chi connectivity index (χ0v) is 21.9. The second-order valence-electron chi connectivity index (χ2n) is 9.05. The molecule has 1 atom stereocenters. The van der Waals surface area contributed by atoms with Crippen LogP contribution in [-0.4, -0.2) is 54.3 Å². The molecular weight excluding hydrogens is 496 g/mol. The monoisotopic (exact) mass is 524 g/mol. The van der Waals surface area contributed by atoms with Crippen LogP contribution in [0.1, 0.15) is 49.9 Å². The molecule has 1 heterocycles. The number of ether oxygens (including phenoxy) is 2. The van der Waals surface area contributed by atoms with Crippen LogP contribution >= 0.6 is 0 Å². The number of aromatic nitrogens is 2. The van der Waals surface area contributed by atoms with Crippen LogP contribution in [0.4, 0.5) is 0 Å². The van der Waals surface area contributed by atoms with Gasteiger partial charge in [0.05, 0.1) is 24.0 Å². The Morgan fingerprint density at radius 3 is 2.76 bits per heavy atom. The van der Waals surface area contributed by atoms with Crippen LogP contribution in [0.5, 0.6) is 5.75 Å². The van der Waals surface area contributed by atoms with E-state index in [1.54, 1.807) is 18.2 Å². The normalized spacial score (nSPS) is 15.0. The summed E-state index contributed by atoms with van der Waals surface area (Å²) in [5, 5.41) is 13.7. The standard InChI is InChI=1S/C26H28N4O6S/c1-16(2)35-24-11-8-18(14-19(24)15-27)26-28-25(29-36-26)22-7-5-6-21-20(22)9-10-23(21)30(37(4,32)33)12-13-34-17(3)31/h5-8,11,14,16,23H,9-10,12-13H2,1-4H3/t23-/m1/s1. The van der Waals surface area contributed by atoms with Gasteiger partial charge in [0.1, 0.15) is 18.4 Å². The third-order valence-electron chi connectivity index (χ3n) is 6.01.